The molecule has 0 aromatic heterocycles. The highest BCUT2D eigenvalue weighted by Crippen LogP contribution is 2.62. The molecule has 44 heavy (non-hydrogen) atoms. The molecular formula is C30H46O12P2. The number of phosphoric acid groups is 2. The molecule has 9 aliphatic rings. The molecule has 0 radical (unpaired) electrons. The molecule has 0 N–H and O–H groups in total. The summed E-state index contributed by atoms with van der Waals surface area (Å²) in [5.41, 5.74) is 0. The number of phosphoric ester groups is 2. The zero-order chi connectivity index (χ0) is 29.5. The van der Waals surface area contributed by atoms with E-state index in [1.54, 1.807) is 0 Å². The molecule has 248 valence electrons. The van der Waals surface area contributed by atoms with Crippen LogP contribution in [0.15, 0.2) is 0 Å². The first kappa shape index (κ1) is 30.1. The molecule has 0 spiro atoms. The lowest BCUT2D eigenvalue weighted by atomic mass is 9.86. The van der Waals surface area contributed by atoms with Gasteiger partial charge in [-0.05, 0) is 96.3 Å². The summed E-state index contributed by atoms with van der Waals surface area (Å²) in [5.74, 6) is 0. The van der Waals surface area contributed by atoms with Gasteiger partial charge in [-0.25, -0.2) is 9.13 Å². The van der Waals surface area contributed by atoms with Crippen LogP contribution in [0.3, 0.4) is 0 Å². The van der Waals surface area contributed by atoms with Gasteiger partial charge < -0.3 is 18.9 Å². The third-order valence-corrected chi connectivity index (χ3v) is 14.5. The summed E-state index contributed by atoms with van der Waals surface area (Å²) in [7, 11) is -7.92. The van der Waals surface area contributed by atoms with E-state index in [1.165, 1.54) is 0 Å². The fourth-order valence-corrected chi connectivity index (χ4v) is 12.7. The van der Waals surface area contributed by atoms with E-state index < -0.39 is 27.9 Å². The van der Waals surface area contributed by atoms with Crippen LogP contribution in [0.1, 0.15) is 103 Å². The summed E-state index contributed by atoms with van der Waals surface area (Å²) in [6, 6.07) is 0. The predicted octanol–water partition coefficient (Wildman–Crippen LogP) is 5.89. The van der Waals surface area contributed by atoms with Crippen LogP contribution >= 0.6 is 15.6 Å². The standard InChI is InChI=1S/C30H46O12P2/c31-43(39-27-19-8-2-9-20(27)33-19,40-28-21-10-3-11-22(28)34-21)37-17-6-1-7-18(16-17)38-44(32,41-29-23-12-4-13-24(29)35-23)42-30-25-14-5-15-26(30)36-25/h17-30H,1-16H2. The van der Waals surface area contributed by atoms with Crippen LogP contribution in [0.4, 0.5) is 0 Å². The van der Waals surface area contributed by atoms with E-state index in [0.29, 0.717) is 19.3 Å². The lowest BCUT2D eigenvalue weighted by Gasteiger charge is -2.52. The highest BCUT2D eigenvalue weighted by molar-refractivity contribution is 7.48. The van der Waals surface area contributed by atoms with E-state index in [4.69, 9.17) is 46.1 Å². The molecule has 8 bridgehead atoms. The van der Waals surface area contributed by atoms with Crippen LogP contribution in [-0.2, 0) is 55.2 Å². The lowest BCUT2D eigenvalue weighted by molar-refractivity contribution is -0.260. The Morgan fingerprint density at radius 1 is 0.364 bits per heavy atom. The zero-order valence-corrected chi connectivity index (χ0v) is 27.0. The summed E-state index contributed by atoms with van der Waals surface area (Å²) in [4.78, 5) is 0. The fraction of sp³-hybridized carbons (Fsp3) is 1.00. The minimum absolute atomic E-state index is 0.0704. The first-order chi connectivity index (χ1) is 21.4. The van der Waals surface area contributed by atoms with Gasteiger partial charge in [0.2, 0.25) is 0 Å². The molecule has 14 heteroatoms. The number of rotatable bonds is 12. The molecule has 10 atom stereocenters. The molecule has 4 heterocycles. The van der Waals surface area contributed by atoms with Gasteiger partial charge in [0.15, 0.2) is 0 Å². The molecule has 5 saturated carbocycles. The number of fused-ring (bicyclic) bond motifs is 8. The Morgan fingerprint density at radius 3 is 0.864 bits per heavy atom. The maximum Gasteiger partial charge on any atom is 0.475 e. The third-order valence-electron chi connectivity index (χ3n) is 11.4. The van der Waals surface area contributed by atoms with Gasteiger partial charge in [0, 0.05) is 6.42 Å². The van der Waals surface area contributed by atoms with Crippen LogP contribution in [0.2, 0.25) is 0 Å². The van der Waals surface area contributed by atoms with E-state index in [2.05, 4.69) is 0 Å². The molecule has 9 fully saturated rings. The topological polar surface area (TPSA) is 126 Å². The highest BCUT2D eigenvalue weighted by Gasteiger charge is 2.57. The molecule has 4 aliphatic heterocycles. The van der Waals surface area contributed by atoms with Crippen molar-refractivity contribution in [3.05, 3.63) is 0 Å². The highest BCUT2D eigenvalue weighted by atomic mass is 31.2. The molecule has 0 aromatic rings. The minimum Gasteiger partial charge on any atom is -0.369 e. The average molecular weight is 661 g/mol. The van der Waals surface area contributed by atoms with Gasteiger partial charge in [-0.2, -0.15) is 0 Å². The molecule has 0 aromatic carbocycles. The zero-order valence-electron chi connectivity index (χ0n) is 25.2. The van der Waals surface area contributed by atoms with Crippen molar-refractivity contribution >= 4 is 15.6 Å². The first-order valence-electron chi connectivity index (χ1n) is 17.3. The van der Waals surface area contributed by atoms with Crippen molar-refractivity contribution < 1.29 is 55.2 Å². The Labute approximate surface area is 259 Å². The maximum atomic E-state index is 14.4. The quantitative estimate of drug-likeness (QED) is 0.232. The van der Waals surface area contributed by atoms with Crippen molar-refractivity contribution in [3.63, 3.8) is 0 Å². The molecular weight excluding hydrogens is 614 g/mol. The summed E-state index contributed by atoms with van der Waals surface area (Å²) >= 11 is 0. The van der Waals surface area contributed by atoms with Crippen molar-refractivity contribution in [3.8, 4) is 0 Å². The van der Waals surface area contributed by atoms with Crippen LogP contribution in [0, 0.1) is 0 Å². The summed E-state index contributed by atoms with van der Waals surface area (Å²) in [6.07, 6.45) is 11.2. The molecule has 9 rings (SSSR count). The van der Waals surface area contributed by atoms with Crippen molar-refractivity contribution in [2.24, 2.45) is 0 Å². The van der Waals surface area contributed by atoms with Gasteiger partial charge in [-0.15, -0.1) is 0 Å². The monoisotopic (exact) mass is 660 g/mol. The molecule has 0 amide bonds. The van der Waals surface area contributed by atoms with Gasteiger partial charge in [-0.3, -0.25) is 27.1 Å². The Kier molecular flexibility index (Phi) is 8.14. The summed E-state index contributed by atoms with van der Waals surface area (Å²) in [6.45, 7) is 0. The van der Waals surface area contributed by atoms with Crippen molar-refractivity contribution in [2.75, 3.05) is 0 Å². The Balaban J connectivity index is 0.889. The van der Waals surface area contributed by atoms with Crippen molar-refractivity contribution in [1.29, 1.82) is 0 Å². The third kappa shape index (κ3) is 5.65. The SMILES string of the molecule is O=P(OC1CCCC(OP(=O)(OC2C3CCCC2O3)OC2C3CCCC2O3)C1)(OC1C2CCCC1O2)OC1C2CCCC1O2. The normalized spacial score (nSPS) is 51.4. The van der Waals surface area contributed by atoms with E-state index >= 15 is 0 Å². The van der Waals surface area contributed by atoms with Gasteiger partial charge in [-0.1, -0.05) is 0 Å². The number of ether oxygens (including phenoxy) is 4. The summed E-state index contributed by atoms with van der Waals surface area (Å²) < 4.78 is 89.9. The smallest absolute Gasteiger partial charge is 0.369 e. The van der Waals surface area contributed by atoms with E-state index in [-0.39, 0.29) is 73.2 Å². The van der Waals surface area contributed by atoms with Gasteiger partial charge >= 0.3 is 15.6 Å². The number of hydrogen-bond donors (Lipinski definition) is 0. The second-order valence-electron chi connectivity index (χ2n) is 14.4. The van der Waals surface area contributed by atoms with Crippen LogP contribution < -0.4 is 0 Å². The van der Waals surface area contributed by atoms with E-state index in [9.17, 15) is 9.13 Å². The molecule has 4 saturated heterocycles. The maximum absolute atomic E-state index is 14.4. The predicted molar refractivity (Wildman–Crippen MR) is 153 cm³/mol. The van der Waals surface area contributed by atoms with Gasteiger partial charge in [0.25, 0.3) is 0 Å². The van der Waals surface area contributed by atoms with Crippen LogP contribution in [0.25, 0.3) is 0 Å². The summed E-state index contributed by atoms with van der Waals surface area (Å²) in [5, 5.41) is 0. The molecule has 10 unspecified atom stereocenters. The minimum atomic E-state index is -3.96. The Hall–Kier alpha value is 0.0600. The lowest BCUT2D eigenvalue weighted by Crippen LogP contribution is -2.59. The van der Waals surface area contributed by atoms with Gasteiger partial charge in [0.05, 0.1) is 61.0 Å². The number of hydrogen-bond acceptors (Lipinski definition) is 12. The Morgan fingerprint density at radius 2 is 0.614 bits per heavy atom. The Bertz CT molecular complexity index is 963. The van der Waals surface area contributed by atoms with E-state index in [1.807, 2.05) is 0 Å². The molecule has 12 nitrogen and oxygen atoms in total. The largest absolute Gasteiger partial charge is 0.475 e. The average Bonchev–Trinajstić information content (AvgIpc) is 3.05. The second-order valence-corrected chi connectivity index (χ2v) is 17.4. The fourth-order valence-electron chi connectivity index (χ4n) is 9.00. The molecule has 5 aliphatic carbocycles. The first-order valence-corrected chi connectivity index (χ1v) is 20.2. The van der Waals surface area contributed by atoms with Crippen LogP contribution in [-0.4, -0.2) is 85.5 Å². The van der Waals surface area contributed by atoms with Crippen molar-refractivity contribution in [2.45, 2.75) is 188 Å². The van der Waals surface area contributed by atoms with E-state index in [0.717, 1.165) is 83.5 Å². The van der Waals surface area contributed by atoms with Crippen molar-refractivity contribution in [1.82, 2.24) is 0 Å². The van der Waals surface area contributed by atoms with Gasteiger partial charge in [0.1, 0.15) is 24.4 Å². The van der Waals surface area contributed by atoms with Crippen LogP contribution in [0.5, 0.6) is 0 Å². The second kappa shape index (κ2) is 11.9.